The number of primary amides is 1. The molecule has 0 aromatic heterocycles. The highest BCUT2D eigenvalue weighted by Gasteiger charge is 2.21. The fourth-order valence-corrected chi connectivity index (χ4v) is 3.04. The van der Waals surface area contributed by atoms with Crippen LogP contribution in [0.4, 0.5) is 5.69 Å². The van der Waals surface area contributed by atoms with Gasteiger partial charge in [-0.25, -0.2) is 0 Å². The van der Waals surface area contributed by atoms with Crippen LogP contribution < -0.4 is 11.1 Å². The van der Waals surface area contributed by atoms with Crippen LogP contribution >= 0.6 is 0 Å². The van der Waals surface area contributed by atoms with E-state index in [0.29, 0.717) is 11.3 Å². The van der Waals surface area contributed by atoms with E-state index < -0.39 is 5.91 Å². The van der Waals surface area contributed by atoms with Crippen molar-refractivity contribution in [1.29, 1.82) is 5.26 Å². The number of hydrogen-bond donors (Lipinski definition) is 2. The summed E-state index contributed by atoms with van der Waals surface area (Å²) in [4.78, 5) is 25.7. The molecule has 0 aliphatic carbocycles. The number of carbonyl (C=O) groups is 2. The minimum atomic E-state index is -0.492. The average molecular weight is 378 g/mol. The molecule has 0 spiro atoms. The van der Waals surface area contributed by atoms with Gasteiger partial charge >= 0.3 is 0 Å². The first kappa shape index (κ1) is 21.1. The maximum atomic E-state index is 12.5. The summed E-state index contributed by atoms with van der Waals surface area (Å²) in [6, 6.07) is 16.8. The van der Waals surface area contributed by atoms with Gasteiger partial charge in [-0.2, -0.15) is 5.26 Å². The van der Waals surface area contributed by atoms with Crippen LogP contribution in [0.1, 0.15) is 43.0 Å². The topological polar surface area (TPSA) is 99.2 Å². The number of nitrogens with two attached hydrogens (primary N) is 1. The van der Waals surface area contributed by atoms with Gasteiger partial charge in [0.1, 0.15) is 0 Å². The minimum absolute atomic E-state index is 0.0115. The van der Waals surface area contributed by atoms with Gasteiger partial charge in [0.25, 0.3) is 0 Å². The average Bonchev–Trinajstić information content (AvgIpc) is 2.67. The van der Waals surface area contributed by atoms with Crippen LogP contribution in [0.5, 0.6) is 0 Å². The molecular formula is C22H26N4O2. The van der Waals surface area contributed by atoms with E-state index in [4.69, 9.17) is 11.0 Å². The lowest BCUT2D eigenvalue weighted by Gasteiger charge is -2.27. The van der Waals surface area contributed by atoms with E-state index in [9.17, 15) is 9.59 Å². The Bertz CT molecular complexity index is 856. The van der Waals surface area contributed by atoms with E-state index in [1.54, 1.807) is 29.2 Å². The highest BCUT2D eigenvalue weighted by molar-refractivity contribution is 5.92. The first-order valence-corrected chi connectivity index (χ1v) is 9.34. The predicted molar refractivity (Wildman–Crippen MR) is 109 cm³/mol. The number of hydrogen-bond acceptors (Lipinski definition) is 4. The summed E-state index contributed by atoms with van der Waals surface area (Å²) >= 11 is 0. The monoisotopic (exact) mass is 378 g/mol. The molecule has 28 heavy (non-hydrogen) atoms. The van der Waals surface area contributed by atoms with Crippen LogP contribution in [0, 0.1) is 11.3 Å². The molecule has 2 rings (SSSR count). The van der Waals surface area contributed by atoms with Gasteiger partial charge in [0, 0.05) is 11.7 Å². The maximum Gasteiger partial charge on any atom is 0.238 e. The molecule has 0 radical (unpaired) electrons. The van der Waals surface area contributed by atoms with E-state index in [0.717, 1.165) is 18.4 Å². The van der Waals surface area contributed by atoms with Gasteiger partial charge in [-0.05, 0) is 42.7 Å². The molecule has 2 aromatic carbocycles. The molecule has 0 aliphatic rings. The zero-order valence-corrected chi connectivity index (χ0v) is 16.3. The summed E-state index contributed by atoms with van der Waals surface area (Å²) in [7, 11) is 0. The third-order valence-electron chi connectivity index (χ3n) is 4.53. The molecular weight excluding hydrogens is 352 g/mol. The first-order valence-electron chi connectivity index (χ1n) is 9.34. The van der Waals surface area contributed by atoms with E-state index in [2.05, 4.69) is 24.4 Å². The van der Waals surface area contributed by atoms with Crippen molar-refractivity contribution in [3.63, 3.8) is 0 Å². The van der Waals surface area contributed by atoms with Crippen LogP contribution in [0.2, 0.25) is 0 Å². The first-order chi connectivity index (χ1) is 13.4. The lowest BCUT2D eigenvalue weighted by Crippen LogP contribution is -2.40. The lowest BCUT2D eigenvalue weighted by molar-refractivity contribution is -0.122. The summed E-state index contributed by atoms with van der Waals surface area (Å²) in [6.45, 7) is 4.07. The highest BCUT2D eigenvalue weighted by atomic mass is 16.2. The third kappa shape index (κ3) is 6.22. The van der Waals surface area contributed by atoms with Crippen molar-refractivity contribution in [2.75, 3.05) is 18.4 Å². The molecule has 1 atom stereocenters. The zero-order valence-electron chi connectivity index (χ0n) is 16.3. The number of nitriles is 1. The van der Waals surface area contributed by atoms with E-state index in [1.165, 1.54) is 5.56 Å². The molecule has 0 saturated carbocycles. The van der Waals surface area contributed by atoms with Crippen molar-refractivity contribution in [3.8, 4) is 6.07 Å². The van der Waals surface area contributed by atoms with Crippen molar-refractivity contribution >= 4 is 17.5 Å². The summed E-state index contributed by atoms with van der Waals surface area (Å²) < 4.78 is 0. The number of nitrogens with one attached hydrogen (secondary N) is 1. The molecule has 0 fully saturated rings. The Hall–Kier alpha value is -3.17. The Morgan fingerprint density at radius 3 is 2.50 bits per heavy atom. The lowest BCUT2D eigenvalue weighted by atomic mass is 10.0. The number of aryl methyl sites for hydroxylation is 1. The number of carbonyl (C=O) groups excluding carboxylic acids is 2. The zero-order chi connectivity index (χ0) is 20.5. The second-order valence-electron chi connectivity index (χ2n) is 6.78. The number of rotatable bonds is 9. The summed E-state index contributed by atoms with van der Waals surface area (Å²) in [6.07, 6.45) is 2.10. The number of nitrogens with zero attached hydrogens (tertiary/aromatic N) is 2. The summed E-state index contributed by atoms with van der Waals surface area (Å²) in [5.41, 5.74) is 8.67. The van der Waals surface area contributed by atoms with Gasteiger partial charge in [0.2, 0.25) is 11.8 Å². The number of benzene rings is 2. The predicted octanol–water partition coefficient (Wildman–Crippen LogP) is 3.00. The molecule has 6 heteroatoms. The molecule has 6 nitrogen and oxygen atoms in total. The van der Waals surface area contributed by atoms with E-state index in [1.807, 2.05) is 25.1 Å². The smallest absolute Gasteiger partial charge is 0.238 e. The molecule has 0 unspecified atom stereocenters. The third-order valence-corrected chi connectivity index (χ3v) is 4.53. The molecule has 2 aromatic rings. The van der Waals surface area contributed by atoms with Gasteiger partial charge < -0.3 is 11.1 Å². The fraction of sp³-hybridized carbons (Fsp3) is 0.318. The Morgan fingerprint density at radius 1 is 1.18 bits per heavy atom. The maximum absolute atomic E-state index is 12.5. The van der Waals surface area contributed by atoms with Crippen LogP contribution in [-0.2, 0) is 16.0 Å². The molecule has 0 bridgehead atoms. The number of amides is 2. The van der Waals surface area contributed by atoms with Crippen molar-refractivity contribution in [1.82, 2.24) is 4.90 Å². The van der Waals surface area contributed by atoms with E-state index >= 15 is 0 Å². The molecule has 0 heterocycles. The van der Waals surface area contributed by atoms with Gasteiger partial charge in [-0.15, -0.1) is 0 Å². The van der Waals surface area contributed by atoms with Crippen molar-refractivity contribution in [2.24, 2.45) is 5.73 Å². The van der Waals surface area contributed by atoms with Gasteiger partial charge in [0.05, 0.1) is 24.7 Å². The molecule has 0 saturated heterocycles. The SMILES string of the molecule is CCCc1ccc([C@@H](C)N(CC(N)=O)CC(=O)Nc2cccc(C#N)c2)cc1. The Morgan fingerprint density at radius 2 is 1.89 bits per heavy atom. The Kier molecular flexibility index (Phi) is 7.73. The second-order valence-corrected chi connectivity index (χ2v) is 6.78. The Labute approximate surface area is 166 Å². The van der Waals surface area contributed by atoms with Crippen LogP contribution in [0.3, 0.4) is 0 Å². The standard InChI is InChI=1S/C22H26N4O2/c1-3-5-17-8-10-19(11-9-17)16(2)26(14-21(24)27)15-22(28)25-20-7-4-6-18(12-20)13-23/h4,6-12,16H,3,5,14-15H2,1-2H3,(H2,24,27)(H,25,28)/t16-/m1/s1. The quantitative estimate of drug-likeness (QED) is 0.700. The van der Waals surface area contributed by atoms with Crippen LogP contribution in [0.15, 0.2) is 48.5 Å². The van der Waals surface area contributed by atoms with Crippen molar-refractivity contribution < 1.29 is 9.59 Å². The van der Waals surface area contributed by atoms with Gasteiger partial charge in [-0.1, -0.05) is 43.7 Å². The second kappa shape index (κ2) is 10.2. The fourth-order valence-electron chi connectivity index (χ4n) is 3.04. The molecule has 2 amide bonds. The largest absolute Gasteiger partial charge is 0.369 e. The number of anilines is 1. The minimum Gasteiger partial charge on any atom is -0.369 e. The summed E-state index contributed by atoms with van der Waals surface area (Å²) in [5.74, 6) is -0.764. The van der Waals surface area contributed by atoms with Crippen LogP contribution in [-0.4, -0.2) is 29.8 Å². The van der Waals surface area contributed by atoms with Crippen LogP contribution in [0.25, 0.3) is 0 Å². The van der Waals surface area contributed by atoms with Gasteiger partial charge in [0.15, 0.2) is 0 Å². The van der Waals surface area contributed by atoms with Crippen molar-refractivity contribution in [3.05, 3.63) is 65.2 Å². The van der Waals surface area contributed by atoms with Gasteiger partial charge in [-0.3, -0.25) is 14.5 Å². The molecule has 0 aliphatic heterocycles. The summed E-state index contributed by atoms with van der Waals surface area (Å²) in [5, 5.41) is 11.7. The highest BCUT2D eigenvalue weighted by Crippen LogP contribution is 2.21. The normalized spacial score (nSPS) is 11.6. The molecule has 3 N–H and O–H groups in total. The Balaban J connectivity index is 2.10. The van der Waals surface area contributed by atoms with Crippen molar-refractivity contribution in [2.45, 2.75) is 32.7 Å². The molecule has 146 valence electrons. The van der Waals surface area contributed by atoms with E-state index in [-0.39, 0.29) is 25.0 Å².